The zero-order valence-corrected chi connectivity index (χ0v) is 19.0. The Hall–Kier alpha value is -3.64. The van der Waals surface area contributed by atoms with Crippen LogP contribution in [0.25, 0.3) is 11.1 Å². The van der Waals surface area contributed by atoms with E-state index in [0.29, 0.717) is 32.5 Å². The highest BCUT2D eigenvalue weighted by Gasteiger charge is 2.29. The number of hydrogen-bond donors (Lipinski definition) is 2. The van der Waals surface area contributed by atoms with Crippen LogP contribution in [0.5, 0.6) is 0 Å². The number of amides is 1. The maximum Gasteiger partial charge on any atom is 0.407 e. The number of alkyl carbamates (subject to hydrolysis) is 1. The van der Waals surface area contributed by atoms with Gasteiger partial charge in [0.05, 0.1) is 6.61 Å². The van der Waals surface area contributed by atoms with Gasteiger partial charge in [-0.05, 0) is 47.1 Å². The number of carboxylic acids is 1. The number of rotatable bonds is 11. The molecular weight excluding hydrogens is 430 g/mol. The molecule has 1 aliphatic rings. The van der Waals surface area contributed by atoms with Crippen molar-refractivity contribution in [3.05, 3.63) is 95.6 Å². The predicted molar refractivity (Wildman–Crippen MR) is 130 cm³/mol. The molecule has 0 saturated carbocycles. The molecule has 6 nitrogen and oxygen atoms in total. The fourth-order valence-electron chi connectivity index (χ4n) is 4.36. The highest BCUT2D eigenvalue weighted by molar-refractivity contribution is 5.81. The third kappa shape index (κ3) is 5.83. The van der Waals surface area contributed by atoms with Crippen molar-refractivity contribution in [2.24, 2.45) is 0 Å². The molecule has 1 aliphatic carbocycles. The molecule has 0 spiro atoms. The monoisotopic (exact) mass is 459 g/mol. The number of hydrogen-bond acceptors (Lipinski definition) is 4. The van der Waals surface area contributed by atoms with Crippen LogP contribution in [0.2, 0.25) is 0 Å². The van der Waals surface area contributed by atoms with E-state index in [9.17, 15) is 14.7 Å². The van der Waals surface area contributed by atoms with E-state index in [2.05, 4.69) is 17.4 Å². The van der Waals surface area contributed by atoms with E-state index < -0.39 is 18.1 Å². The van der Waals surface area contributed by atoms with Gasteiger partial charge < -0.3 is 19.9 Å². The van der Waals surface area contributed by atoms with Crippen molar-refractivity contribution in [2.45, 2.75) is 37.8 Å². The maximum atomic E-state index is 12.4. The number of fused-ring (bicyclic) bond motifs is 3. The molecule has 4 rings (SSSR count). The van der Waals surface area contributed by atoms with Crippen LogP contribution in [0, 0.1) is 0 Å². The second-order valence-corrected chi connectivity index (χ2v) is 8.39. The van der Waals surface area contributed by atoms with Crippen LogP contribution in [0.1, 0.15) is 41.9 Å². The summed E-state index contributed by atoms with van der Waals surface area (Å²) in [6, 6.07) is 25.0. The molecule has 0 aliphatic heterocycles. The van der Waals surface area contributed by atoms with Gasteiger partial charge in [-0.15, -0.1) is 0 Å². The smallest absolute Gasteiger partial charge is 0.407 e. The minimum atomic E-state index is -1.07. The number of carbonyl (C=O) groups is 2. The first-order chi connectivity index (χ1) is 16.6. The van der Waals surface area contributed by atoms with E-state index in [4.69, 9.17) is 9.47 Å². The van der Waals surface area contributed by atoms with Crippen LogP contribution in [0.15, 0.2) is 78.9 Å². The van der Waals surface area contributed by atoms with Gasteiger partial charge in [-0.3, -0.25) is 0 Å². The number of unbranched alkanes of at least 4 members (excludes halogenated alkanes) is 1. The average molecular weight is 460 g/mol. The Morgan fingerprint density at radius 2 is 1.47 bits per heavy atom. The van der Waals surface area contributed by atoms with Crippen molar-refractivity contribution >= 4 is 12.1 Å². The number of nitrogens with one attached hydrogen (secondary N) is 1. The van der Waals surface area contributed by atoms with Crippen LogP contribution < -0.4 is 5.32 Å². The van der Waals surface area contributed by atoms with Crippen LogP contribution in [0.3, 0.4) is 0 Å². The van der Waals surface area contributed by atoms with Crippen molar-refractivity contribution < 1.29 is 24.2 Å². The highest BCUT2D eigenvalue weighted by Crippen LogP contribution is 2.44. The summed E-state index contributed by atoms with van der Waals surface area (Å²) in [5, 5.41) is 12.0. The molecule has 3 aromatic carbocycles. The Bertz CT molecular complexity index is 1070. The fraction of sp³-hybridized carbons (Fsp3) is 0.286. The molecule has 2 N–H and O–H groups in total. The molecule has 0 heterocycles. The summed E-state index contributed by atoms with van der Waals surface area (Å²) >= 11 is 0. The van der Waals surface area contributed by atoms with Crippen molar-refractivity contribution in [1.29, 1.82) is 0 Å². The minimum absolute atomic E-state index is 0.0665. The highest BCUT2D eigenvalue weighted by atomic mass is 16.5. The zero-order valence-electron chi connectivity index (χ0n) is 19.0. The van der Waals surface area contributed by atoms with E-state index in [1.54, 1.807) is 0 Å². The SMILES string of the molecule is O=C(NC(CCCCOCc1ccccc1)C(=O)O)OCC1c2ccccc2-c2ccccc21. The largest absolute Gasteiger partial charge is 0.480 e. The molecule has 3 aromatic rings. The molecule has 1 atom stereocenters. The van der Waals surface area contributed by atoms with Gasteiger partial charge >= 0.3 is 12.1 Å². The first-order valence-corrected chi connectivity index (χ1v) is 11.6. The molecule has 0 radical (unpaired) electrons. The lowest BCUT2D eigenvalue weighted by Crippen LogP contribution is -2.41. The van der Waals surface area contributed by atoms with Crippen LogP contribution in [-0.2, 0) is 20.9 Å². The molecule has 0 fully saturated rings. The van der Waals surface area contributed by atoms with Crippen molar-refractivity contribution in [1.82, 2.24) is 5.32 Å². The number of aliphatic carboxylic acids is 1. The predicted octanol–water partition coefficient (Wildman–Crippen LogP) is 5.37. The van der Waals surface area contributed by atoms with Gasteiger partial charge in [0.15, 0.2) is 0 Å². The second kappa shape index (κ2) is 11.5. The quantitative estimate of drug-likeness (QED) is 0.377. The minimum Gasteiger partial charge on any atom is -0.480 e. The second-order valence-electron chi connectivity index (χ2n) is 8.39. The first-order valence-electron chi connectivity index (χ1n) is 11.6. The summed E-state index contributed by atoms with van der Waals surface area (Å²) in [4.78, 5) is 24.0. The van der Waals surface area contributed by atoms with E-state index >= 15 is 0 Å². The molecule has 176 valence electrons. The Morgan fingerprint density at radius 3 is 2.12 bits per heavy atom. The van der Waals surface area contributed by atoms with Gasteiger partial charge in [0, 0.05) is 12.5 Å². The normalized spacial score (nSPS) is 13.1. The lowest BCUT2D eigenvalue weighted by Gasteiger charge is -2.17. The van der Waals surface area contributed by atoms with Crippen LogP contribution >= 0.6 is 0 Å². The average Bonchev–Trinajstić information content (AvgIpc) is 3.18. The Balaban J connectivity index is 1.22. The number of ether oxygens (including phenoxy) is 2. The zero-order chi connectivity index (χ0) is 23.8. The third-order valence-electron chi connectivity index (χ3n) is 6.08. The summed E-state index contributed by atoms with van der Waals surface area (Å²) in [7, 11) is 0. The molecule has 1 amide bonds. The Kier molecular flexibility index (Phi) is 7.94. The van der Waals surface area contributed by atoms with Crippen LogP contribution in [-0.4, -0.2) is 36.4 Å². The maximum absolute atomic E-state index is 12.4. The molecule has 0 aromatic heterocycles. The number of carboxylic acid groups (broad SMARTS) is 1. The van der Waals surface area contributed by atoms with Gasteiger partial charge in [-0.25, -0.2) is 9.59 Å². The Morgan fingerprint density at radius 1 is 0.853 bits per heavy atom. The van der Waals surface area contributed by atoms with Crippen LogP contribution in [0.4, 0.5) is 4.79 Å². The standard InChI is InChI=1S/C28H29NO5/c30-27(31)26(16-8-9-17-33-18-20-10-2-1-3-11-20)29-28(32)34-19-25-23-14-6-4-12-21(23)22-13-5-7-15-24(22)25/h1-7,10-15,25-26H,8-9,16-19H2,(H,29,32)(H,30,31). The van der Waals surface area contributed by atoms with E-state index in [1.165, 1.54) is 0 Å². The number of carbonyl (C=O) groups excluding carboxylic acids is 1. The first kappa shape index (κ1) is 23.5. The molecule has 1 unspecified atom stereocenters. The van der Waals surface area contributed by atoms with Gasteiger partial charge in [-0.2, -0.15) is 0 Å². The molecule has 0 bridgehead atoms. The van der Waals surface area contributed by atoms with Gasteiger partial charge in [0.2, 0.25) is 0 Å². The van der Waals surface area contributed by atoms with E-state index in [0.717, 1.165) is 27.8 Å². The van der Waals surface area contributed by atoms with Crippen molar-refractivity contribution in [3.8, 4) is 11.1 Å². The van der Waals surface area contributed by atoms with Gasteiger partial charge in [-0.1, -0.05) is 78.9 Å². The van der Waals surface area contributed by atoms with Crippen molar-refractivity contribution in [2.75, 3.05) is 13.2 Å². The van der Waals surface area contributed by atoms with Gasteiger partial charge in [0.1, 0.15) is 12.6 Å². The third-order valence-corrected chi connectivity index (χ3v) is 6.08. The molecule has 6 heteroatoms. The molecule has 34 heavy (non-hydrogen) atoms. The molecular formula is C28H29NO5. The van der Waals surface area contributed by atoms with E-state index in [1.807, 2.05) is 66.7 Å². The summed E-state index contributed by atoms with van der Waals surface area (Å²) in [6.45, 7) is 1.22. The summed E-state index contributed by atoms with van der Waals surface area (Å²) < 4.78 is 11.1. The summed E-state index contributed by atoms with van der Waals surface area (Å²) in [5.41, 5.74) is 5.61. The fourth-order valence-corrected chi connectivity index (χ4v) is 4.36. The lowest BCUT2D eigenvalue weighted by atomic mass is 9.98. The lowest BCUT2D eigenvalue weighted by molar-refractivity contribution is -0.139. The topological polar surface area (TPSA) is 84.9 Å². The van der Waals surface area contributed by atoms with E-state index in [-0.39, 0.29) is 12.5 Å². The molecule has 0 saturated heterocycles. The number of benzene rings is 3. The van der Waals surface area contributed by atoms with Gasteiger partial charge in [0.25, 0.3) is 0 Å². The summed E-state index contributed by atoms with van der Waals surface area (Å²) in [5.74, 6) is -1.14. The Labute approximate surface area is 199 Å². The summed E-state index contributed by atoms with van der Waals surface area (Å²) in [6.07, 6.45) is 0.932. The van der Waals surface area contributed by atoms with Crippen molar-refractivity contribution in [3.63, 3.8) is 0 Å².